The van der Waals surface area contributed by atoms with E-state index in [2.05, 4.69) is 22.5 Å². The minimum Gasteiger partial charge on any atom is -0.497 e. The highest BCUT2D eigenvalue weighted by Gasteiger charge is 2.21. The third-order valence-electron chi connectivity index (χ3n) is 4.64. The summed E-state index contributed by atoms with van der Waals surface area (Å²) in [5, 5.41) is 5.75. The number of methoxy groups -OCH3 is 1. The van der Waals surface area contributed by atoms with E-state index >= 15 is 0 Å². The maximum atomic E-state index is 12.7. The summed E-state index contributed by atoms with van der Waals surface area (Å²) in [7, 11) is 1.61. The van der Waals surface area contributed by atoms with Crippen molar-refractivity contribution < 1.29 is 14.3 Å². The summed E-state index contributed by atoms with van der Waals surface area (Å²) in [4.78, 5) is 29.7. The lowest BCUT2D eigenvalue weighted by atomic mass is 10.2. The molecule has 152 valence electrons. The summed E-state index contributed by atoms with van der Waals surface area (Å²) in [6.07, 6.45) is 4.80. The van der Waals surface area contributed by atoms with Gasteiger partial charge in [-0.05, 0) is 36.2 Å². The normalized spacial score (nSPS) is 10.7. The first-order valence-electron chi connectivity index (χ1n) is 9.80. The first kappa shape index (κ1) is 20.4. The SMILES string of the molecule is CCCCCNC(=O)c1nc(C(=O)NCc2ccc(OC)cc2)n2ccccc12. The van der Waals surface area contributed by atoms with Crippen LogP contribution in [0.4, 0.5) is 0 Å². The van der Waals surface area contributed by atoms with Gasteiger partial charge in [0.1, 0.15) is 5.75 Å². The predicted molar refractivity (Wildman–Crippen MR) is 111 cm³/mol. The van der Waals surface area contributed by atoms with Crippen LogP contribution in [0.1, 0.15) is 52.9 Å². The summed E-state index contributed by atoms with van der Waals surface area (Å²) in [5.74, 6) is 0.341. The Morgan fingerprint density at radius 1 is 1.03 bits per heavy atom. The van der Waals surface area contributed by atoms with Crippen LogP contribution in [0, 0.1) is 0 Å². The number of nitrogens with one attached hydrogen (secondary N) is 2. The summed E-state index contributed by atoms with van der Waals surface area (Å²) in [6.45, 7) is 3.06. The van der Waals surface area contributed by atoms with Gasteiger partial charge in [-0.3, -0.25) is 14.0 Å². The largest absolute Gasteiger partial charge is 0.497 e. The molecule has 29 heavy (non-hydrogen) atoms. The van der Waals surface area contributed by atoms with E-state index in [4.69, 9.17) is 4.74 Å². The van der Waals surface area contributed by atoms with Gasteiger partial charge in [0.2, 0.25) is 5.82 Å². The van der Waals surface area contributed by atoms with Gasteiger partial charge in [0.15, 0.2) is 5.69 Å². The van der Waals surface area contributed by atoms with Gasteiger partial charge < -0.3 is 15.4 Å². The zero-order valence-corrected chi connectivity index (χ0v) is 16.8. The van der Waals surface area contributed by atoms with Gasteiger partial charge in [-0.15, -0.1) is 0 Å². The van der Waals surface area contributed by atoms with E-state index < -0.39 is 0 Å². The van der Waals surface area contributed by atoms with Gasteiger partial charge >= 0.3 is 0 Å². The molecule has 0 unspecified atom stereocenters. The molecule has 2 heterocycles. The Labute approximate surface area is 170 Å². The highest BCUT2D eigenvalue weighted by molar-refractivity contribution is 6.02. The highest BCUT2D eigenvalue weighted by Crippen LogP contribution is 2.14. The Kier molecular flexibility index (Phi) is 6.84. The van der Waals surface area contributed by atoms with Crippen LogP contribution in [0.2, 0.25) is 0 Å². The molecule has 0 atom stereocenters. The number of carbonyl (C=O) groups excluding carboxylic acids is 2. The van der Waals surface area contributed by atoms with Crippen LogP contribution in [0.3, 0.4) is 0 Å². The molecule has 0 fully saturated rings. The first-order valence-corrected chi connectivity index (χ1v) is 9.80. The fourth-order valence-corrected chi connectivity index (χ4v) is 3.03. The van der Waals surface area contributed by atoms with Crippen molar-refractivity contribution in [3.8, 4) is 5.75 Å². The number of amides is 2. The number of hydrogen-bond acceptors (Lipinski definition) is 4. The molecule has 0 aliphatic rings. The third kappa shape index (κ3) is 4.93. The zero-order chi connectivity index (χ0) is 20.6. The molecule has 2 amide bonds. The van der Waals surface area contributed by atoms with Gasteiger partial charge in [-0.2, -0.15) is 0 Å². The topological polar surface area (TPSA) is 84.7 Å². The van der Waals surface area contributed by atoms with E-state index in [-0.39, 0.29) is 23.3 Å². The first-order chi connectivity index (χ1) is 14.1. The fourth-order valence-electron chi connectivity index (χ4n) is 3.03. The van der Waals surface area contributed by atoms with Crippen molar-refractivity contribution in [2.75, 3.05) is 13.7 Å². The molecular formula is C22H26N4O3. The van der Waals surface area contributed by atoms with E-state index in [1.807, 2.05) is 30.3 Å². The number of pyridine rings is 1. The molecular weight excluding hydrogens is 368 g/mol. The Morgan fingerprint density at radius 3 is 2.55 bits per heavy atom. The molecule has 1 aromatic carbocycles. The van der Waals surface area contributed by atoms with Crippen LogP contribution >= 0.6 is 0 Å². The van der Waals surface area contributed by atoms with Crippen LogP contribution in [0.25, 0.3) is 5.52 Å². The second kappa shape index (κ2) is 9.73. The molecule has 2 N–H and O–H groups in total. The molecule has 0 aliphatic heterocycles. The minimum absolute atomic E-state index is 0.188. The lowest BCUT2D eigenvalue weighted by molar-refractivity contribution is 0.0939. The fraction of sp³-hybridized carbons (Fsp3) is 0.318. The Hall–Kier alpha value is -3.35. The molecule has 0 saturated carbocycles. The molecule has 2 aromatic heterocycles. The number of rotatable bonds is 9. The minimum atomic E-state index is -0.341. The van der Waals surface area contributed by atoms with Gasteiger partial charge in [-0.1, -0.05) is 38.0 Å². The van der Waals surface area contributed by atoms with Crippen LogP contribution in [-0.4, -0.2) is 34.9 Å². The van der Waals surface area contributed by atoms with Crippen LogP contribution in [0.15, 0.2) is 48.7 Å². The summed E-state index contributed by atoms with van der Waals surface area (Å²) >= 11 is 0. The number of aromatic nitrogens is 2. The van der Waals surface area contributed by atoms with Gasteiger partial charge in [0.05, 0.1) is 12.6 Å². The maximum absolute atomic E-state index is 12.7. The van der Waals surface area contributed by atoms with E-state index in [1.54, 1.807) is 29.8 Å². The maximum Gasteiger partial charge on any atom is 0.287 e. The van der Waals surface area contributed by atoms with Crippen molar-refractivity contribution >= 4 is 17.3 Å². The number of ether oxygens (including phenoxy) is 1. The molecule has 3 aromatic rings. The van der Waals surface area contributed by atoms with E-state index in [1.165, 1.54) is 0 Å². The van der Waals surface area contributed by atoms with Crippen LogP contribution in [0.5, 0.6) is 5.75 Å². The standard InChI is InChI=1S/C22H26N4O3/c1-3-4-6-13-23-21(27)19-18-8-5-7-14-26(18)20(25-19)22(28)24-15-16-9-11-17(29-2)12-10-16/h5,7-12,14H,3-4,6,13,15H2,1-2H3,(H,23,27)(H,24,28). The molecule has 7 heteroatoms. The predicted octanol–water partition coefficient (Wildman–Crippen LogP) is 3.19. The smallest absolute Gasteiger partial charge is 0.287 e. The van der Waals surface area contributed by atoms with E-state index in [9.17, 15) is 9.59 Å². The Balaban J connectivity index is 1.74. The quantitative estimate of drug-likeness (QED) is 0.546. The third-order valence-corrected chi connectivity index (χ3v) is 4.64. The van der Waals surface area contributed by atoms with Crippen molar-refractivity contribution in [3.05, 3.63) is 65.7 Å². The number of carbonyl (C=O) groups is 2. The number of hydrogen-bond donors (Lipinski definition) is 2. The Morgan fingerprint density at radius 2 is 1.83 bits per heavy atom. The van der Waals surface area contributed by atoms with E-state index in [0.29, 0.717) is 18.6 Å². The second-order valence-corrected chi connectivity index (χ2v) is 6.73. The average molecular weight is 394 g/mol. The number of benzene rings is 1. The van der Waals surface area contributed by atoms with Gasteiger partial charge in [0, 0.05) is 19.3 Å². The van der Waals surface area contributed by atoms with Gasteiger partial charge in [0.25, 0.3) is 11.8 Å². The van der Waals surface area contributed by atoms with Crippen molar-refractivity contribution in [2.45, 2.75) is 32.7 Å². The molecule has 0 aliphatic carbocycles. The monoisotopic (exact) mass is 394 g/mol. The lowest BCUT2D eigenvalue weighted by Gasteiger charge is -2.06. The summed E-state index contributed by atoms with van der Waals surface area (Å²) in [5.41, 5.74) is 1.81. The highest BCUT2D eigenvalue weighted by atomic mass is 16.5. The lowest BCUT2D eigenvalue weighted by Crippen LogP contribution is -2.26. The zero-order valence-electron chi connectivity index (χ0n) is 16.8. The number of fused-ring (bicyclic) bond motifs is 1. The molecule has 0 saturated heterocycles. The van der Waals surface area contributed by atoms with Gasteiger partial charge in [-0.25, -0.2) is 4.98 Å². The molecule has 3 rings (SSSR count). The van der Waals surface area contributed by atoms with Crippen LogP contribution in [-0.2, 0) is 6.54 Å². The molecule has 7 nitrogen and oxygen atoms in total. The number of nitrogens with zero attached hydrogens (tertiary/aromatic N) is 2. The summed E-state index contributed by atoms with van der Waals surface area (Å²) < 4.78 is 6.78. The molecule has 0 bridgehead atoms. The second-order valence-electron chi connectivity index (χ2n) is 6.73. The number of unbranched alkanes of at least 4 members (excludes halogenated alkanes) is 2. The summed E-state index contributed by atoms with van der Waals surface area (Å²) in [6, 6.07) is 12.9. The van der Waals surface area contributed by atoms with Crippen molar-refractivity contribution in [1.82, 2.24) is 20.0 Å². The Bertz CT molecular complexity index is 979. The van der Waals surface area contributed by atoms with Crippen LogP contribution < -0.4 is 15.4 Å². The van der Waals surface area contributed by atoms with E-state index in [0.717, 1.165) is 30.6 Å². The molecule has 0 spiro atoms. The number of imidazole rings is 1. The van der Waals surface area contributed by atoms with Crippen molar-refractivity contribution in [3.63, 3.8) is 0 Å². The molecule has 0 radical (unpaired) electrons. The average Bonchev–Trinajstić information content (AvgIpc) is 3.15. The van der Waals surface area contributed by atoms with Crippen molar-refractivity contribution in [2.24, 2.45) is 0 Å². The van der Waals surface area contributed by atoms with Crippen molar-refractivity contribution in [1.29, 1.82) is 0 Å².